The van der Waals surface area contributed by atoms with Gasteiger partial charge in [-0.3, -0.25) is 4.79 Å². The molecule has 3 aromatic rings. The van der Waals surface area contributed by atoms with Gasteiger partial charge in [0.05, 0.1) is 7.11 Å². The van der Waals surface area contributed by atoms with Crippen molar-refractivity contribution in [3.63, 3.8) is 0 Å². The summed E-state index contributed by atoms with van der Waals surface area (Å²) in [5, 5.41) is 0. The van der Waals surface area contributed by atoms with Gasteiger partial charge in [0.15, 0.2) is 5.78 Å². The van der Waals surface area contributed by atoms with E-state index in [1.54, 1.807) is 20.1 Å². The molecule has 5 rings (SSSR count). The zero-order valence-electron chi connectivity index (χ0n) is 20.8. The van der Waals surface area contributed by atoms with E-state index < -0.39 is 0 Å². The maximum Gasteiger partial charge on any atom is 0.160 e. The first kappa shape index (κ1) is 25.1. The molecule has 182 valence electrons. The Morgan fingerprint density at radius 2 is 1.67 bits per heavy atom. The van der Waals surface area contributed by atoms with E-state index in [0.29, 0.717) is 11.3 Å². The Morgan fingerprint density at radius 1 is 0.944 bits per heavy atom. The summed E-state index contributed by atoms with van der Waals surface area (Å²) in [5.74, 6) is 0.603. The molecule has 0 spiro atoms. The number of ketones is 1. The van der Waals surface area contributed by atoms with Crippen LogP contribution in [0.4, 0.5) is 4.39 Å². The predicted octanol–water partition coefficient (Wildman–Crippen LogP) is 7.89. The van der Waals surface area contributed by atoms with Gasteiger partial charge in [-0.1, -0.05) is 84.5 Å². The van der Waals surface area contributed by atoms with Crippen molar-refractivity contribution in [1.82, 2.24) is 0 Å². The van der Waals surface area contributed by atoms with Crippen LogP contribution in [0.2, 0.25) is 0 Å². The third kappa shape index (κ3) is 6.57. The standard InChI is InChI=1S/C17H15F.C16H16O2/c18-17-9-7-13(8-10-17)5-6-14-11-15-3-1-2-4-16(15)12-14;1-12(17)16-11-14(18-2)9-10-15(16)13-7-5-3-4-6-8-13/h1-4,6-10H,5,11-12H2;3-7,9-11H,8H2,1-2H3. The summed E-state index contributed by atoms with van der Waals surface area (Å²) in [6.45, 7) is 1.58. The number of ether oxygens (including phenoxy) is 1. The molecule has 0 bridgehead atoms. The topological polar surface area (TPSA) is 26.3 Å². The van der Waals surface area contributed by atoms with E-state index in [1.165, 1.54) is 34.4 Å². The third-order valence-electron chi connectivity index (χ3n) is 6.44. The van der Waals surface area contributed by atoms with Gasteiger partial charge in [-0.25, -0.2) is 4.39 Å². The molecule has 2 nitrogen and oxygen atoms in total. The Hall–Kier alpha value is -3.98. The van der Waals surface area contributed by atoms with Gasteiger partial charge in [0.25, 0.3) is 0 Å². The highest BCUT2D eigenvalue weighted by molar-refractivity contribution is 5.99. The smallest absolute Gasteiger partial charge is 0.160 e. The Bertz CT molecular complexity index is 1310. The van der Waals surface area contributed by atoms with E-state index in [4.69, 9.17) is 4.74 Å². The van der Waals surface area contributed by atoms with Crippen LogP contribution in [0.1, 0.15) is 46.0 Å². The van der Waals surface area contributed by atoms with Crippen LogP contribution in [0, 0.1) is 5.82 Å². The van der Waals surface area contributed by atoms with Crippen LogP contribution in [0.3, 0.4) is 0 Å². The molecule has 0 radical (unpaired) electrons. The van der Waals surface area contributed by atoms with Crippen LogP contribution < -0.4 is 4.74 Å². The molecule has 0 unspecified atom stereocenters. The summed E-state index contributed by atoms with van der Waals surface area (Å²) in [6, 6.07) is 21.0. The molecule has 36 heavy (non-hydrogen) atoms. The lowest BCUT2D eigenvalue weighted by Crippen LogP contribution is -2.00. The first-order valence-electron chi connectivity index (χ1n) is 12.2. The number of hydrogen-bond donors (Lipinski definition) is 0. The molecular formula is C33H31FO2. The lowest BCUT2D eigenvalue weighted by molar-refractivity contribution is 0.101. The van der Waals surface area contributed by atoms with Gasteiger partial charge in [-0.2, -0.15) is 0 Å². The maximum absolute atomic E-state index is 12.8. The van der Waals surface area contributed by atoms with E-state index in [1.807, 2.05) is 48.6 Å². The number of Topliss-reactive ketones (excluding diaryl/α,β-unsaturated/α-hetero) is 1. The lowest BCUT2D eigenvalue weighted by atomic mass is 9.95. The molecular weight excluding hydrogens is 447 g/mol. The van der Waals surface area contributed by atoms with Crippen molar-refractivity contribution in [2.45, 2.75) is 32.6 Å². The van der Waals surface area contributed by atoms with Gasteiger partial charge in [0, 0.05) is 5.56 Å². The molecule has 0 saturated carbocycles. The normalized spacial score (nSPS) is 13.8. The van der Waals surface area contributed by atoms with Crippen molar-refractivity contribution in [2.24, 2.45) is 0 Å². The highest BCUT2D eigenvalue weighted by Gasteiger charge is 2.14. The quantitative estimate of drug-likeness (QED) is 0.275. The van der Waals surface area contributed by atoms with Gasteiger partial charge in [-0.05, 0) is 84.7 Å². The molecule has 3 aromatic carbocycles. The van der Waals surface area contributed by atoms with Crippen molar-refractivity contribution in [2.75, 3.05) is 7.11 Å². The van der Waals surface area contributed by atoms with Gasteiger partial charge in [0.1, 0.15) is 11.6 Å². The van der Waals surface area contributed by atoms with E-state index in [9.17, 15) is 9.18 Å². The number of hydrogen-bond acceptors (Lipinski definition) is 2. The van der Waals surface area contributed by atoms with Crippen LogP contribution in [-0.2, 0) is 19.3 Å². The molecule has 2 aliphatic carbocycles. The second-order valence-corrected chi connectivity index (χ2v) is 8.99. The Balaban J connectivity index is 0.000000169. The van der Waals surface area contributed by atoms with Crippen molar-refractivity contribution in [3.8, 4) is 5.75 Å². The second kappa shape index (κ2) is 12.1. The van der Waals surface area contributed by atoms with Crippen LogP contribution in [0.15, 0.2) is 109 Å². The molecule has 0 fully saturated rings. The number of allylic oxidation sites excluding steroid dienone is 8. The molecule has 0 amide bonds. The van der Waals surface area contributed by atoms with Gasteiger partial charge >= 0.3 is 0 Å². The summed E-state index contributed by atoms with van der Waals surface area (Å²) in [6.07, 6.45) is 16.3. The van der Waals surface area contributed by atoms with Crippen LogP contribution in [0.25, 0.3) is 5.57 Å². The van der Waals surface area contributed by atoms with E-state index in [0.717, 1.165) is 36.8 Å². The summed E-state index contributed by atoms with van der Waals surface area (Å²) in [7, 11) is 1.61. The maximum atomic E-state index is 12.8. The Kier molecular flexibility index (Phi) is 8.46. The van der Waals surface area contributed by atoms with Gasteiger partial charge < -0.3 is 4.74 Å². The molecule has 2 aliphatic rings. The number of rotatable bonds is 5. The monoisotopic (exact) mass is 478 g/mol. The minimum atomic E-state index is -0.167. The molecule has 0 aromatic heterocycles. The molecule has 0 atom stereocenters. The highest BCUT2D eigenvalue weighted by Crippen LogP contribution is 2.28. The van der Waals surface area contributed by atoms with Crippen LogP contribution in [-0.4, -0.2) is 12.9 Å². The second-order valence-electron chi connectivity index (χ2n) is 8.99. The first-order valence-corrected chi connectivity index (χ1v) is 12.2. The Morgan fingerprint density at radius 3 is 2.33 bits per heavy atom. The number of carbonyl (C=O) groups excluding carboxylic acids is 1. The van der Waals surface area contributed by atoms with Crippen LogP contribution >= 0.6 is 0 Å². The minimum absolute atomic E-state index is 0.0574. The number of methoxy groups -OCH3 is 1. The fraction of sp³-hybridized carbons (Fsp3) is 0.182. The fourth-order valence-electron chi connectivity index (χ4n) is 4.48. The van der Waals surface area contributed by atoms with Crippen LogP contribution in [0.5, 0.6) is 5.75 Å². The Labute approximate surface area is 213 Å². The molecule has 0 heterocycles. The van der Waals surface area contributed by atoms with Crippen molar-refractivity contribution in [3.05, 3.63) is 142 Å². The third-order valence-corrected chi connectivity index (χ3v) is 6.44. The summed E-state index contributed by atoms with van der Waals surface area (Å²) in [4.78, 5) is 11.7. The SMILES string of the molecule is COc1ccc(C2=CC=CC=CC2)c(C(C)=O)c1.Fc1ccc(CC=C2Cc3ccccc3C2)cc1. The number of carbonyl (C=O) groups is 1. The molecule has 0 saturated heterocycles. The van der Waals surface area contributed by atoms with Crippen molar-refractivity contribution < 1.29 is 13.9 Å². The zero-order chi connectivity index (χ0) is 25.3. The van der Waals surface area contributed by atoms with E-state index in [2.05, 4.69) is 36.4 Å². The number of fused-ring (bicyclic) bond motifs is 1. The molecule has 3 heteroatoms. The van der Waals surface area contributed by atoms with Crippen molar-refractivity contribution >= 4 is 11.4 Å². The molecule has 0 aliphatic heterocycles. The average molecular weight is 479 g/mol. The molecule has 0 N–H and O–H groups in total. The first-order chi connectivity index (χ1) is 17.5. The predicted molar refractivity (Wildman–Crippen MR) is 146 cm³/mol. The summed E-state index contributed by atoms with van der Waals surface area (Å²) < 4.78 is 18.0. The van der Waals surface area contributed by atoms with E-state index >= 15 is 0 Å². The fourth-order valence-corrected chi connectivity index (χ4v) is 4.48. The average Bonchev–Trinajstić information content (AvgIpc) is 3.12. The minimum Gasteiger partial charge on any atom is -0.497 e. The van der Waals surface area contributed by atoms with Gasteiger partial charge in [-0.15, -0.1) is 0 Å². The van der Waals surface area contributed by atoms with Gasteiger partial charge in [0.2, 0.25) is 0 Å². The zero-order valence-corrected chi connectivity index (χ0v) is 20.8. The highest BCUT2D eigenvalue weighted by atomic mass is 19.1. The number of halogens is 1. The summed E-state index contributed by atoms with van der Waals surface area (Å²) >= 11 is 0. The largest absolute Gasteiger partial charge is 0.497 e. The number of benzene rings is 3. The summed E-state index contributed by atoms with van der Waals surface area (Å²) in [5.41, 5.74) is 8.38. The van der Waals surface area contributed by atoms with Crippen molar-refractivity contribution in [1.29, 1.82) is 0 Å². The lowest BCUT2D eigenvalue weighted by Gasteiger charge is -2.11. The van der Waals surface area contributed by atoms with E-state index in [-0.39, 0.29) is 11.6 Å².